The summed E-state index contributed by atoms with van der Waals surface area (Å²) in [5.74, 6) is 1.05. The molecular weight excluding hydrogens is 440 g/mol. The van der Waals surface area contributed by atoms with Crippen molar-refractivity contribution in [3.05, 3.63) is 101 Å². The van der Waals surface area contributed by atoms with Crippen molar-refractivity contribution in [2.75, 3.05) is 7.11 Å². The number of H-pyrrole nitrogens is 1. The number of benzene rings is 3. The van der Waals surface area contributed by atoms with Gasteiger partial charge in [0.25, 0.3) is 5.91 Å². The molecule has 0 aliphatic carbocycles. The number of rotatable bonds is 8. The largest absolute Gasteiger partial charge is 0.497 e. The Morgan fingerprint density at radius 3 is 2.61 bits per heavy atom. The molecule has 7 nitrogen and oxygen atoms in total. The Morgan fingerprint density at radius 1 is 1.06 bits per heavy atom. The zero-order chi connectivity index (χ0) is 23.0. The monoisotopic (exact) mass is 460 g/mol. The van der Waals surface area contributed by atoms with Crippen molar-refractivity contribution < 1.29 is 14.3 Å². The van der Waals surface area contributed by atoms with Crippen molar-refractivity contribution in [2.24, 2.45) is 5.10 Å². The van der Waals surface area contributed by atoms with Crippen LogP contribution >= 0.6 is 11.6 Å². The second-order valence-electron chi connectivity index (χ2n) is 7.08. The Bertz CT molecular complexity index is 1250. The summed E-state index contributed by atoms with van der Waals surface area (Å²) >= 11 is 5.90. The minimum absolute atomic E-state index is 0.302. The van der Waals surface area contributed by atoms with Crippen molar-refractivity contribution in [3.8, 4) is 22.8 Å². The van der Waals surface area contributed by atoms with Crippen LogP contribution in [0.1, 0.15) is 21.6 Å². The summed E-state index contributed by atoms with van der Waals surface area (Å²) in [6.45, 7) is 0.444. The van der Waals surface area contributed by atoms with Crippen LogP contribution in [0.4, 0.5) is 0 Å². The predicted octanol–water partition coefficient (Wildman–Crippen LogP) is 5.08. The van der Waals surface area contributed by atoms with Gasteiger partial charge in [0, 0.05) is 10.6 Å². The maximum atomic E-state index is 12.3. The lowest BCUT2D eigenvalue weighted by molar-refractivity contribution is 0.0950. The molecule has 0 radical (unpaired) electrons. The average Bonchev–Trinajstić information content (AvgIpc) is 3.35. The summed E-state index contributed by atoms with van der Waals surface area (Å²) in [4.78, 5) is 12.3. The number of aromatic amines is 1. The lowest BCUT2D eigenvalue weighted by Gasteiger charge is -2.07. The second kappa shape index (κ2) is 10.5. The summed E-state index contributed by atoms with van der Waals surface area (Å²) in [7, 11) is 1.59. The molecular formula is C25H21ClN4O3. The molecule has 2 N–H and O–H groups in total. The molecule has 33 heavy (non-hydrogen) atoms. The van der Waals surface area contributed by atoms with Crippen LogP contribution in [0.15, 0.2) is 84.0 Å². The van der Waals surface area contributed by atoms with E-state index in [9.17, 15) is 4.79 Å². The number of methoxy groups -OCH3 is 1. The van der Waals surface area contributed by atoms with Gasteiger partial charge in [-0.25, -0.2) is 5.43 Å². The fraction of sp³-hybridized carbons (Fsp3) is 0.0800. The highest BCUT2D eigenvalue weighted by atomic mass is 35.5. The van der Waals surface area contributed by atoms with Crippen molar-refractivity contribution in [1.82, 2.24) is 15.6 Å². The van der Waals surface area contributed by atoms with Gasteiger partial charge < -0.3 is 9.47 Å². The Kier molecular flexibility index (Phi) is 7.02. The zero-order valence-electron chi connectivity index (χ0n) is 17.8. The van der Waals surface area contributed by atoms with Gasteiger partial charge in [0.05, 0.1) is 19.0 Å². The van der Waals surface area contributed by atoms with Crippen LogP contribution in [0.5, 0.6) is 11.5 Å². The van der Waals surface area contributed by atoms with Crippen molar-refractivity contribution in [1.29, 1.82) is 0 Å². The van der Waals surface area contributed by atoms with Crippen LogP contribution < -0.4 is 14.9 Å². The van der Waals surface area contributed by atoms with E-state index in [1.54, 1.807) is 19.4 Å². The molecule has 0 saturated heterocycles. The van der Waals surface area contributed by atoms with Gasteiger partial charge >= 0.3 is 0 Å². The Hall–Kier alpha value is -4.10. The lowest BCUT2D eigenvalue weighted by atomic mass is 10.1. The van der Waals surface area contributed by atoms with Gasteiger partial charge in [-0.3, -0.25) is 9.89 Å². The third-order valence-corrected chi connectivity index (χ3v) is 5.02. The number of carbonyl (C=O) groups is 1. The van der Waals surface area contributed by atoms with Crippen molar-refractivity contribution in [2.45, 2.75) is 6.61 Å². The van der Waals surface area contributed by atoms with Crippen LogP contribution in [0, 0.1) is 0 Å². The first-order valence-electron chi connectivity index (χ1n) is 10.1. The number of ether oxygens (including phenoxy) is 2. The zero-order valence-corrected chi connectivity index (χ0v) is 18.5. The number of nitrogens with zero attached hydrogens (tertiary/aromatic N) is 2. The van der Waals surface area contributed by atoms with Crippen molar-refractivity contribution >= 4 is 23.7 Å². The van der Waals surface area contributed by atoms with Crippen molar-refractivity contribution in [3.63, 3.8) is 0 Å². The molecule has 0 bridgehead atoms. The normalized spacial score (nSPS) is 10.8. The fourth-order valence-corrected chi connectivity index (χ4v) is 3.13. The first-order chi connectivity index (χ1) is 16.1. The highest BCUT2D eigenvalue weighted by molar-refractivity contribution is 6.30. The molecule has 0 aliphatic rings. The molecule has 1 amide bonds. The Morgan fingerprint density at radius 2 is 1.85 bits per heavy atom. The second-order valence-corrected chi connectivity index (χ2v) is 7.52. The van der Waals surface area contributed by atoms with E-state index in [4.69, 9.17) is 21.1 Å². The molecule has 3 aromatic carbocycles. The van der Waals surface area contributed by atoms with Crippen LogP contribution in [0.2, 0.25) is 5.02 Å². The van der Waals surface area contributed by atoms with Crippen LogP contribution in [-0.2, 0) is 6.61 Å². The topological polar surface area (TPSA) is 88.6 Å². The van der Waals surface area contributed by atoms with Gasteiger partial charge in [-0.2, -0.15) is 10.2 Å². The molecule has 8 heteroatoms. The maximum absolute atomic E-state index is 12.3. The number of halogens is 1. The molecule has 0 unspecified atom stereocenters. The van der Waals surface area contributed by atoms with Gasteiger partial charge in [-0.05, 0) is 65.7 Å². The molecule has 0 fully saturated rings. The van der Waals surface area contributed by atoms with E-state index < -0.39 is 5.91 Å². The highest BCUT2D eigenvalue weighted by Gasteiger charge is 2.10. The minimum atomic E-state index is -0.393. The molecule has 166 valence electrons. The van der Waals surface area contributed by atoms with E-state index in [0.29, 0.717) is 28.8 Å². The Labute approximate surface area is 196 Å². The molecule has 1 heterocycles. The third kappa shape index (κ3) is 5.99. The van der Waals surface area contributed by atoms with Crippen LogP contribution in [0.3, 0.4) is 0 Å². The van der Waals surface area contributed by atoms with Crippen LogP contribution in [-0.4, -0.2) is 29.4 Å². The van der Waals surface area contributed by atoms with Gasteiger partial charge in [0.1, 0.15) is 23.8 Å². The number of amides is 1. The number of hydrogen-bond acceptors (Lipinski definition) is 5. The van der Waals surface area contributed by atoms with Gasteiger partial charge in [0.2, 0.25) is 0 Å². The summed E-state index contributed by atoms with van der Waals surface area (Å²) < 4.78 is 11.0. The van der Waals surface area contributed by atoms with Gasteiger partial charge in [-0.15, -0.1) is 0 Å². The maximum Gasteiger partial charge on any atom is 0.289 e. The molecule has 1 aromatic heterocycles. The smallest absolute Gasteiger partial charge is 0.289 e. The molecule has 4 rings (SSSR count). The van der Waals surface area contributed by atoms with E-state index in [0.717, 1.165) is 22.4 Å². The van der Waals surface area contributed by atoms with E-state index in [-0.39, 0.29) is 0 Å². The number of hydrogen-bond donors (Lipinski definition) is 2. The molecule has 0 aliphatic heterocycles. The number of hydrazone groups is 1. The van der Waals surface area contributed by atoms with Gasteiger partial charge in [-0.1, -0.05) is 35.9 Å². The fourth-order valence-electron chi connectivity index (χ4n) is 3.00. The molecule has 0 atom stereocenters. The minimum Gasteiger partial charge on any atom is -0.497 e. The Balaban J connectivity index is 1.33. The number of aromatic nitrogens is 2. The lowest BCUT2D eigenvalue weighted by Crippen LogP contribution is -2.18. The summed E-state index contributed by atoms with van der Waals surface area (Å²) in [5, 5.41) is 11.6. The summed E-state index contributed by atoms with van der Waals surface area (Å²) in [5.41, 5.74) is 6.11. The third-order valence-electron chi connectivity index (χ3n) is 4.76. The highest BCUT2D eigenvalue weighted by Crippen LogP contribution is 2.22. The summed E-state index contributed by atoms with van der Waals surface area (Å²) in [6.07, 6.45) is 1.54. The van der Waals surface area contributed by atoms with Gasteiger partial charge in [0.15, 0.2) is 0 Å². The van der Waals surface area contributed by atoms with E-state index in [1.807, 2.05) is 72.8 Å². The van der Waals surface area contributed by atoms with E-state index >= 15 is 0 Å². The first kappa shape index (κ1) is 22.1. The predicted molar refractivity (Wildman–Crippen MR) is 128 cm³/mol. The standard InChI is InChI=1S/C25H21ClN4O3/c1-32-22-4-2-3-18(13-22)15-27-30-25(31)24-14-23(28-29-24)19-7-11-21(12-8-19)33-16-17-5-9-20(26)10-6-17/h2-15H,16H2,1H3,(H,28,29)(H,30,31). The van der Waals surface area contributed by atoms with Crippen LogP contribution in [0.25, 0.3) is 11.3 Å². The molecule has 4 aromatic rings. The summed E-state index contributed by atoms with van der Waals surface area (Å²) in [6, 6.07) is 24.0. The molecule has 0 spiro atoms. The first-order valence-corrected chi connectivity index (χ1v) is 10.5. The quantitative estimate of drug-likeness (QED) is 0.283. The number of carbonyl (C=O) groups excluding carboxylic acids is 1. The molecule has 0 saturated carbocycles. The average molecular weight is 461 g/mol. The number of nitrogens with one attached hydrogen (secondary N) is 2. The van der Waals surface area contributed by atoms with E-state index in [1.165, 1.54) is 0 Å². The SMILES string of the molecule is COc1cccc(C=NNC(=O)c2cc(-c3ccc(OCc4ccc(Cl)cc4)cc3)n[nH]2)c1. The van der Waals surface area contributed by atoms with E-state index in [2.05, 4.69) is 20.7 Å².